The number of ether oxygens (including phenoxy) is 1. The molecule has 0 spiro atoms. The zero-order valence-corrected chi connectivity index (χ0v) is 14.6. The zero-order chi connectivity index (χ0) is 19.4. The lowest BCUT2D eigenvalue weighted by Gasteiger charge is -2.16. The Balaban J connectivity index is 2.08. The summed E-state index contributed by atoms with van der Waals surface area (Å²) in [4.78, 5) is 24.5. The number of amides is 2. The van der Waals surface area contributed by atoms with Gasteiger partial charge < -0.3 is 15.8 Å². The van der Waals surface area contributed by atoms with Crippen molar-refractivity contribution in [3.8, 4) is 11.8 Å². The van der Waals surface area contributed by atoms with Gasteiger partial charge in [0.2, 0.25) is 5.91 Å². The molecule has 0 saturated carbocycles. The lowest BCUT2D eigenvalue weighted by Crippen LogP contribution is -2.22. The van der Waals surface area contributed by atoms with Gasteiger partial charge in [0.05, 0.1) is 18.9 Å². The molecule has 27 heavy (non-hydrogen) atoms. The SMILES string of the molecule is COc1ccc(C(=O)Nc2c(C(C#N)C(N)=O)ccc3ccccc23)cc1. The molecule has 0 radical (unpaired) electrons. The third-order valence-corrected chi connectivity index (χ3v) is 4.28. The van der Waals surface area contributed by atoms with Crippen molar-refractivity contribution >= 4 is 28.3 Å². The average Bonchev–Trinajstić information content (AvgIpc) is 2.69. The first-order chi connectivity index (χ1) is 13.0. The molecule has 0 aliphatic rings. The average molecular weight is 359 g/mol. The summed E-state index contributed by atoms with van der Waals surface area (Å²) in [5, 5.41) is 13.8. The fraction of sp³-hybridized carbons (Fsp3) is 0.0952. The molecule has 2 amide bonds. The first kappa shape index (κ1) is 18.0. The van der Waals surface area contributed by atoms with E-state index in [2.05, 4.69) is 5.32 Å². The number of nitrogens with one attached hydrogen (secondary N) is 1. The molecule has 134 valence electrons. The van der Waals surface area contributed by atoms with Crippen LogP contribution in [-0.4, -0.2) is 18.9 Å². The lowest BCUT2D eigenvalue weighted by atomic mass is 9.94. The highest BCUT2D eigenvalue weighted by atomic mass is 16.5. The number of nitrogens with zero attached hydrogens (tertiary/aromatic N) is 1. The maximum atomic E-state index is 12.7. The van der Waals surface area contributed by atoms with Crippen LogP contribution < -0.4 is 15.8 Å². The van der Waals surface area contributed by atoms with Crippen LogP contribution in [-0.2, 0) is 4.79 Å². The summed E-state index contributed by atoms with van der Waals surface area (Å²) in [5.41, 5.74) is 6.57. The van der Waals surface area contributed by atoms with Gasteiger partial charge in [-0.2, -0.15) is 5.26 Å². The molecule has 3 aromatic rings. The van der Waals surface area contributed by atoms with E-state index in [-0.39, 0.29) is 5.91 Å². The Hall–Kier alpha value is -3.85. The van der Waals surface area contributed by atoms with E-state index >= 15 is 0 Å². The van der Waals surface area contributed by atoms with Crippen LogP contribution in [0.1, 0.15) is 21.8 Å². The number of hydrogen-bond donors (Lipinski definition) is 2. The first-order valence-corrected chi connectivity index (χ1v) is 8.21. The van der Waals surface area contributed by atoms with Gasteiger partial charge in [0.25, 0.3) is 5.91 Å². The Labute approximate surface area is 156 Å². The molecule has 0 aliphatic carbocycles. The molecule has 3 aromatic carbocycles. The molecule has 1 unspecified atom stereocenters. The highest BCUT2D eigenvalue weighted by Gasteiger charge is 2.23. The number of nitrogens with two attached hydrogens (primary N) is 1. The fourth-order valence-corrected chi connectivity index (χ4v) is 2.88. The summed E-state index contributed by atoms with van der Waals surface area (Å²) in [7, 11) is 1.54. The van der Waals surface area contributed by atoms with Crippen molar-refractivity contribution in [2.24, 2.45) is 5.73 Å². The summed E-state index contributed by atoms with van der Waals surface area (Å²) in [6, 6.07) is 19.4. The maximum absolute atomic E-state index is 12.7. The summed E-state index contributed by atoms with van der Waals surface area (Å²) in [6.45, 7) is 0. The van der Waals surface area contributed by atoms with Crippen LogP contribution in [0.5, 0.6) is 5.75 Å². The number of anilines is 1. The monoisotopic (exact) mass is 359 g/mol. The van der Waals surface area contributed by atoms with Gasteiger partial charge in [0.1, 0.15) is 5.75 Å². The van der Waals surface area contributed by atoms with Crippen molar-refractivity contribution in [2.75, 3.05) is 12.4 Å². The molecular formula is C21H17N3O3. The maximum Gasteiger partial charge on any atom is 0.255 e. The van der Waals surface area contributed by atoms with Crippen LogP contribution >= 0.6 is 0 Å². The quantitative estimate of drug-likeness (QED) is 0.730. The van der Waals surface area contributed by atoms with Crippen molar-refractivity contribution in [1.29, 1.82) is 5.26 Å². The second-order valence-electron chi connectivity index (χ2n) is 5.90. The number of benzene rings is 3. The molecule has 0 bridgehead atoms. The van der Waals surface area contributed by atoms with Crippen molar-refractivity contribution in [2.45, 2.75) is 5.92 Å². The van der Waals surface area contributed by atoms with Gasteiger partial charge in [-0.25, -0.2) is 0 Å². The molecule has 3 N–H and O–H groups in total. The van der Waals surface area contributed by atoms with E-state index < -0.39 is 11.8 Å². The van der Waals surface area contributed by atoms with Crippen molar-refractivity contribution in [1.82, 2.24) is 0 Å². The van der Waals surface area contributed by atoms with Gasteiger partial charge in [0, 0.05) is 16.5 Å². The minimum Gasteiger partial charge on any atom is -0.497 e. The molecule has 0 heterocycles. The van der Waals surface area contributed by atoms with Crippen LogP contribution in [0.4, 0.5) is 5.69 Å². The molecule has 3 rings (SSSR count). The van der Waals surface area contributed by atoms with Gasteiger partial charge in [-0.3, -0.25) is 9.59 Å². The van der Waals surface area contributed by atoms with Crippen molar-refractivity contribution in [3.63, 3.8) is 0 Å². The first-order valence-electron chi connectivity index (χ1n) is 8.21. The number of nitriles is 1. The Kier molecular flexibility index (Phi) is 5.04. The second kappa shape index (κ2) is 7.58. The van der Waals surface area contributed by atoms with Gasteiger partial charge in [-0.05, 0) is 29.7 Å². The number of fused-ring (bicyclic) bond motifs is 1. The Morgan fingerprint density at radius 1 is 1.07 bits per heavy atom. The standard InChI is InChI=1S/C21H17N3O3/c1-27-15-9-6-14(7-10-15)21(26)24-19-16-5-3-2-4-13(16)8-11-17(19)18(12-22)20(23)25/h2-11,18H,1H3,(H2,23,25)(H,24,26). The van der Waals surface area contributed by atoms with E-state index in [1.165, 1.54) is 0 Å². The van der Waals surface area contributed by atoms with E-state index in [0.29, 0.717) is 22.6 Å². The third kappa shape index (κ3) is 3.58. The van der Waals surface area contributed by atoms with E-state index in [1.54, 1.807) is 43.5 Å². The smallest absolute Gasteiger partial charge is 0.255 e. The van der Waals surface area contributed by atoms with E-state index in [1.807, 2.05) is 30.3 Å². The summed E-state index contributed by atoms with van der Waals surface area (Å²) in [5.74, 6) is -1.67. The van der Waals surface area contributed by atoms with Gasteiger partial charge in [-0.1, -0.05) is 36.4 Å². The normalized spacial score (nSPS) is 11.4. The minimum atomic E-state index is -1.17. The van der Waals surface area contributed by atoms with Crippen LogP contribution in [0, 0.1) is 11.3 Å². The van der Waals surface area contributed by atoms with E-state index in [0.717, 1.165) is 10.8 Å². The van der Waals surface area contributed by atoms with Gasteiger partial charge in [-0.15, -0.1) is 0 Å². The highest BCUT2D eigenvalue weighted by molar-refractivity contribution is 6.11. The molecule has 0 aliphatic heterocycles. The number of carbonyl (C=O) groups is 2. The zero-order valence-electron chi connectivity index (χ0n) is 14.6. The topological polar surface area (TPSA) is 105 Å². The highest BCUT2D eigenvalue weighted by Crippen LogP contribution is 2.33. The molecule has 1 atom stereocenters. The Bertz CT molecular complexity index is 1050. The van der Waals surface area contributed by atoms with Gasteiger partial charge >= 0.3 is 0 Å². The predicted octanol–water partition coefficient (Wildman–Crippen LogP) is 3.19. The molecule has 0 saturated heterocycles. The van der Waals surface area contributed by atoms with Gasteiger partial charge in [0.15, 0.2) is 5.92 Å². The number of carbonyl (C=O) groups excluding carboxylic acids is 2. The summed E-state index contributed by atoms with van der Waals surface area (Å²) in [6.07, 6.45) is 0. The summed E-state index contributed by atoms with van der Waals surface area (Å²) >= 11 is 0. The second-order valence-corrected chi connectivity index (χ2v) is 5.90. The van der Waals surface area contributed by atoms with E-state index in [9.17, 15) is 14.9 Å². The fourth-order valence-electron chi connectivity index (χ4n) is 2.88. The minimum absolute atomic E-state index is 0.364. The number of methoxy groups -OCH3 is 1. The molecule has 0 fully saturated rings. The van der Waals surface area contributed by atoms with Crippen LogP contribution in [0.15, 0.2) is 60.7 Å². The Morgan fingerprint density at radius 3 is 2.41 bits per heavy atom. The molecule has 6 nitrogen and oxygen atoms in total. The van der Waals surface area contributed by atoms with Crippen LogP contribution in [0.25, 0.3) is 10.8 Å². The molecule has 0 aromatic heterocycles. The number of primary amides is 1. The largest absolute Gasteiger partial charge is 0.497 e. The van der Waals surface area contributed by atoms with Crippen LogP contribution in [0.3, 0.4) is 0 Å². The van der Waals surface area contributed by atoms with E-state index in [4.69, 9.17) is 10.5 Å². The molecular weight excluding hydrogens is 342 g/mol. The number of rotatable bonds is 5. The van der Waals surface area contributed by atoms with Crippen LogP contribution in [0.2, 0.25) is 0 Å². The Morgan fingerprint density at radius 2 is 1.78 bits per heavy atom. The lowest BCUT2D eigenvalue weighted by molar-refractivity contribution is -0.118. The predicted molar refractivity (Wildman–Crippen MR) is 102 cm³/mol. The van der Waals surface area contributed by atoms with Crippen molar-refractivity contribution in [3.05, 3.63) is 71.8 Å². The third-order valence-electron chi connectivity index (χ3n) is 4.28. The molecule has 6 heteroatoms. The van der Waals surface area contributed by atoms with Crippen molar-refractivity contribution < 1.29 is 14.3 Å². The number of hydrogen-bond acceptors (Lipinski definition) is 4. The summed E-state index contributed by atoms with van der Waals surface area (Å²) < 4.78 is 5.10.